The minimum Gasteiger partial charge on any atom is -0.303 e. The molecule has 0 saturated heterocycles. The molecule has 1 N–H and O–H groups in total. The van der Waals surface area contributed by atoms with Gasteiger partial charge in [-0.2, -0.15) is 0 Å². The van der Waals surface area contributed by atoms with E-state index in [9.17, 15) is 8.78 Å². The quantitative estimate of drug-likeness (QED) is 0.815. The number of rotatable bonds is 5. The van der Waals surface area contributed by atoms with Gasteiger partial charge in [-0.1, -0.05) is 50.2 Å². The van der Waals surface area contributed by atoms with E-state index in [-0.39, 0.29) is 12.1 Å². The van der Waals surface area contributed by atoms with Crippen LogP contribution in [-0.2, 0) is 0 Å². The van der Waals surface area contributed by atoms with Gasteiger partial charge in [0.2, 0.25) is 0 Å². The van der Waals surface area contributed by atoms with E-state index in [2.05, 4.69) is 31.3 Å². The van der Waals surface area contributed by atoms with Gasteiger partial charge in [0.05, 0.1) is 0 Å². The van der Waals surface area contributed by atoms with Crippen LogP contribution in [0.2, 0.25) is 0 Å². The van der Waals surface area contributed by atoms with Crippen LogP contribution in [0.15, 0.2) is 48.5 Å². The van der Waals surface area contributed by atoms with Crippen LogP contribution in [0.25, 0.3) is 0 Å². The second kappa shape index (κ2) is 6.81. The Labute approximate surface area is 125 Å². The van der Waals surface area contributed by atoms with Crippen molar-refractivity contribution in [1.82, 2.24) is 5.32 Å². The molecule has 2 aromatic carbocycles. The highest BCUT2D eigenvalue weighted by molar-refractivity contribution is 5.23. The van der Waals surface area contributed by atoms with Crippen molar-refractivity contribution in [2.45, 2.75) is 32.9 Å². The maximum absolute atomic E-state index is 13.4. The second-order valence-electron chi connectivity index (χ2n) is 5.69. The molecule has 0 saturated carbocycles. The number of hydrogen-bond donors (Lipinski definition) is 1. The molecular formula is C18H21F2N. The Morgan fingerprint density at radius 2 is 1.48 bits per heavy atom. The smallest absolute Gasteiger partial charge is 0.159 e. The monoisotopic (exact) mass is 289 g/mol. The first-order valence-electron chi connectivity index (χ1n) is 7.25. The lowest BCUT2D eigenvalue weighted by Crippen LogP contribution is -2.28. The van der Waals surface area contributed by atoms with Gasteiger partial charge in [-0.25, -0.2) is 8.78 Å². The maximum Gasteiger partial charge on any atom is 0.159 e. The van der Waals surface area contributed by atoms with Crippen molar-refractivity contribution in [3.05, 3.63) is 71.3 Å². The SMILES string of the molecule is CC(NC(c1ccccc1)C(C)C)c1ccc(F)c(F)c1. The molecule has 0 aliphatic rings. The molecule has 0 bridgehead atoms. The number of nitrogens with one attached hydrogen (secondary N) is 1. The first kappa shape index (κ1) is 15.6. The Balaban J connectivity index is 2.18. The molecule has 3 heteroatoms. The molecule has 0 aliphatic heterocycles. The molecule has 0 spiro atoms. The molecule has 0 fully saturated rings. The zero-order valence-corrected chi connectivity index (χ0v) is 12.6. The summed E-state index contributed by atoms with van der Waals surface area (Å²) in [6.45, 7) is 6.25. The van der Waals surface area contributed by atoms with Gasteiger partial charge in [-0.15, -0.1) is 0 Å². The first-order chi connectivity index (χ1) is 9.99. The molecule has 0 aliphatic carbocycles. The highest BCUT2D eigenvalue weighted by atomic mass is 19.2. The molecule has 2 aromatic rings. The largest absolute Gasteiger partial charge is 0.303 e. The lowest BCUT2D eigenvalue weighted by atomic mass is 9.94. The topological polar surface area (TPSA) is 12.0 Å². The van der Waals surface area contributed by atoms with Crippen LogP contribution in [0.1, 0.15) is 44.0 Å². The summed E-state index contributed by atoms with van der Waals surface area (Å²) in [6, 6.07) is 14.3. The zero-order valence-electron chi connectivity index (χ0n) is 12.6. The minimum atomic E-state index is -0.811. The van der Waals surface area contributed by atoms with Crippen LogP contribution in [0.4, 0.5) is 8.78 Å². The van der Waals surface area contributed by atoms with Gasteiger partial charge in [-0.3, -0.25) is 0 Å². The number of halogens is 2. The molecule has 2 rings (SSSR count). The van der Waals surface area contributed by atoms with E-state index in [1.165, 1.54) is 17.7 Å². The van der Waals surface area contributed by atoms with E-state index in [1.54, 1.807) is 6.07 Å². The average Bonchev–Trinajstić information content (AvgIpc) is 2.48. The zero-order chi connectivity index (χ0) is 15.4. The fraction of sp³-hybridized carbons (Fsp3) is 0.333. The fourth-order valence-electron chi connectivity index (χ4n) is 2.48. The van der Waals surface area contributed by atoms with Crippen LogP contribution in [0, 0.1) is 17.6 Å². The van der Waals surface area contributed by atoms with Crippen molar-refractivity contribution >= 4 is 0 Å². The molecule has 1 nitrogen and oxygen atoms in total. The third-order valence-electron chi connectivity index (χ3n) is 3.70. The van der Waals surface area contributed by atoms with Crippen molar-refractivity contribution in [3.63, 3.8) is 0 Å². The highest BCUT2D eigenvalue weighted by Crippen LogP contribution is 2.26. The Hall–Kier alpha value is -1.74. The summed E-state index contributed by atoms with van der Waals surface area (Å²) in [6.07, 6.45) is 0. The Kier molecular flexibility index (Phi) is 5.07. The van der Waals surface area contributed by atoms with E-state index in [0.717, 1.165) is 5.56 Å². The van der Waals surface area contributed by atoms with Crippen LogP contribution >= 0.6 is 0 Å². The molecule has 112 valence electrons. The minimum absolute atomic E-state index is 0.0623. The molecule has 21 heavy (non-hydrogen) atoms. The van der Waals surface area contributed by atoms with Gasteiger partial charge in [0, 0.05) is 12.1 Å². The summed E-state index contributed by atoms with van der Waals surface area (Å²) >= 11 is 0. The van der Waals surface area contributed by atoms with Gasteiger partial charge >= 0.3 is 0 Å². The van der Waals surface area contributed by atoms with E-state index in [1.807, 2.05) is 25.1 Å². The van der Waals surface area contributed by atoms with Gasteiger partial charge in [0.1, 0.15) is 0 Å². The van der Waals surface area contributed by atoms with Crippen molar-refractivity contribution in [2.24, 2.45) is 5.92 Å². The summed E-state index contributed by atoms with van der Waals surface area (Å²) in [5.41, 5.74) is 1.94. The summed E-state index contributed by atoms with van der Waals surface area (Å²) in [5.74, 6) is -1.23. The highest BCUT2D eigenvalue weighted by Gasteiger charge is 2.19. The molecule has 0 heterocycles. The maximum atomic E-state index is 13.4. The number of benzene rings is 2. The molecule has 2 atom stereocenters. The fourth-order valence-corrected chi connectivity index (χ4v) is 2.48. The van der Waals surface area contributed by atoms with Crippen LogP contribution in [-0.4, -0.2) is 0 Å². The number of hydrogen-bond acceptors (Lipinski definition) is 1. The van der Waals surface area contributed by atoms with Crippen molar-refractivity contribution in [1.29, 1.82) is 0 Å². The predicted molar refractivity (Wildman–Crippen MR) is 81.9 cm³/mol. The van der Waals surface area contributed by atoms with Gasteiger partial charge in [-0.05, 0) is 36.1 Å². The van der Waals surface area contributed by atoms with Gasteiger partial charge < -0.3 is 5.32 Å². The lowest BCUT2D eigenvalue weighted by molar-refractivity contribution is 0.373. The van der Waals surface area contributed by atoms with E-state index in [0.29, 0.717) is 5.92 Å². The van der Waals surface area contributed by atoms with Crippen molar-refractivity contribution in [2.75, 3.05) is 0 Å². The third kappa shape index (κ3) is 3.88. The first-order valence-corrected chi connectivity index (χ1v) is 7.25. The molecule has 0 amide bonds. The summed E-state index contributed by atoms with van der Waals surface area (Å²) < 4.78 is 26.4. The molecule has 2 unspecified atom stereocenters. The van der Waals surface area contributed by atoms with Crippen molar-refractivity contribution < 1.29 is 8.78 Å². The van der Waals surface area contributed by atoms with E-state index >= 15 is 0 Å². The van der Waals surface area contributed by atoms with Crippen molar-refractivity contribution in [3.8, 4) is 0 Å². The summed E-state index contributed by atoms with van der Waals surface area (Å²) in [4.78, 5) is 0. The summed E-state index contributed by atoms with van der Waals surface area (Å²) in [7, 11) is 0. The van der Waals surface area contributed by atoms with Crippen LogP contribution < -0.4 is 5.32 Å². The molecular weight excluding hydrogens is 268 g/mol. The van der Waals surface area contributed by atoms with E-state index < -0.39 is 11.6 Å². The standard InChI is InChI=1S/C18H21F2N/c1-12(2)18(14-7-5-4-6-8-14)21-13(3)15-9-10-16(19)17(20)11-15/h4-13,18,21H,1-3H3. The van der Waals surface area contributed by atoms with Gasteiger partial charge in [0.25, 0.3) is 0 Å². The van der Waals surface area contributed by atoms with E-state index in [4.69, 9.17) is 0 Å². The molecule has 0 aromatic heterocycles. The summed E-state index contributed by atoms with van der Waals surface area (Å²) in [5, 5.41) is 3.51. The Morgan fingerprint density at radius 3 is 2.05 bits per heavy atom. The average molecular weight is 289 g/mol. The van der Waals surface area contributed by atoms with Crippen LogP contribution in [0.3, 0.4) is 0 Å². The van der Waals surface area contributed by atoms with Crippen LogP contribution in [0.5, 0.6) is 0 Å². The normalized spacial score (nSPS) is 14.2. The Morgan fingerprint density at radius 1 is 0.810 bits per heavy atom. The second-order valence-corrected chi connectivity index (χ2v) is 5.69. The lowest BCUT2D eigenvalue weighted by Gasteiger charge is -2.27. The third-order valence-corrected chi connectivity index (χ3v) is 3.70. The van der Waals surface area contributed by atoms with Gasteiger partial charge in [0.15, 0.2) is 11.6 Å². The predicted octanol–water partition coefficient (Wildman–Crippen LogP) is 5.01. The molecule has 0 radical (unpaired) electrons. The Bertz CT molecular complexity index is 581.